The number of nitrogens with zero attached hydrogens (tertiary/aromatic N) is 3. The second-order valence-electron chi connectivity index (χ2n) is 9.24. The zero-order chi connectivity index (χ0) is 27.8. The summed E-state index contributed by atoms with van der Waals surface area (Å²) in [4.78, 5) is 35.6. The Morgan fingerprint density at radius 1 is 1.21 bits per heavy atom. The normalized spacial score (nSPS) is 25.8. The summed E-state index contributed by atoms with van der Waals surface area (Å²) < 4.78 is 80.9. The van der Waals surface area contributed by atoms with Crippen molar-refractivity contribution >= 4 is 17.8 Å². The van der Waals surface area contributed by atoms with Gasteiger partial charge < -0.3 is 19.7 Å². The van der Waals surface area contributed by atoms with E-state index in [0.29, 0.717) is 26.2 Å². The van der Waals surface area contributed by atoms with Crippen molar-refractivity contribution in [1.29, 1.82) is 0 Å². The van der Waals surface area contributed by atoms with Crippen LogP contribution < -0.4 is 15.4 Å². The Balaban J connectivity index is 1.67. The van der Waals surface area contributed by atoms with E-state index in [2.05, 4.69) is 20.6 Å². The van der Waals surface area contributed by atoms with E-state index in [1.54, 1.807) is 4.90 Å². The monoisotopic (exact) mass is 543 g/mol. The smallest absolute Gasteiger partial charge is 0.417 e. The Hall–Kier alpha value is -3.39. The van der Waals surface area contributed by atoms with Crippen LogP contribution in [0.4, 0.5) is 27.9 Å². The lowest BCUT2D eigenvalue weighted by atomic mass is 9.77. The van der Waals surface area contributed by atoms with Crippen molar-refractivity contribution in [3.63, 3.8) is 0 Å². The fraction of sp³-hybridized carbons (Fsp3) is 0.500. The third-order valence-corrected chi connectivity index (χ3v) is 7.08. The van der Waals surface area contributed by atoms with E-state index in [1.165, 1.54) is 19.2 Å². The summed E-state index contributed by atoms with van der Waals surface area (Å²) in [5.41, 5.74) is -3.00. The Morgan fingerprint density at radius 3 is 2.53 bits per heavy atom. The van der Waals surface area contributed by atoms with Gasteiger partial charge in [-0.15, -0.1) is 0 Å². The summed E-state index contributed by atoms with van der Waals surface area (Å²) in [6.45, 7) is 4.09. The van der Waals surface area contributed by atoms with Crippen LogP contribution in [-0.4, -0.2) is 77.9 Å². The average molecular weight is 543 g/mol. The summed E-state index contributed by atoms with van der Waals surface area (Å²) in [5.74, 6) is -7.90. The molecule has 2 aromatic rings. The molecule has 1 aromatic carbocycles. The molecule has 0 aliphatic carbocycles. The molecule has 206 valence electrons. The Bertz CT molecular complexity index is 1220. The van der Waals surface area contributed by atoms with Crippen LogP contribution in [0.1, 0.15) is 35.8 Å². The highest BCUT2D eigenvalue weighted by Gasteiger charge is 2.66. The molecule has 9 nitrogen and oxygen atoms in total. The van der Waals surface area contributed by atoms with Crippen LogP contribution in [-0.2, 0) is 9.53 Å². The number of alkyl halides is 3. The molecule has 0 spiro atoms. The molecule has 1 aromatic heterocycles. The van der Waals surface area contributed by atoms with Gasteiger partial charge in [-0.1, -0.05) is 13.0 Å². The highest BCUT2D eigenvalue weighted by molar-refractivity contribution is 5.95. The first-order chi connectivity index (χ1) is 17.9. The number of nitrogens with one attached hydrogen (secondary N) is 2. The molecular formula is C24H26F5N5O4. The van der Waals surface area contributed by atoms with Gasteiger partial charge in [-0.3, -0.25) is 14.9 Å². The molecule has 3 heterocycles. The first-order valence-corrected chi connectivity index (χ1v) is 11.8. The molecule has 2 aliphatic heterocycles. The zero-order valence-electron chi connectivity index (χ0n) is 20.7. The standard InChI is InChI=1S/C24H26F5N5O4/c1-12-16(13-4-5-14(25)17(26)18(13)37-3)19(38-23(12,2)24(27,28)29)20(35)33-22-31-7-6-15(32-22)21(36)34-10-8-30-9-11-34/h4-7,12,16,19,30H,8-11H2,1-3H3,(H,31,32,33,35)/t12-,16-,19+,23+/m0/s1. The third-order valence-electron chi connectivity index (χ3n) is 7.08. The number of carbonyl (C=O) groups excluding carboxylic acids is 2. The van der Waals surface area contributed by atoms with Gasteiger partial charge in [-0.2, -0.15) is 17.6 Å². The highest BCUT2D eigenvalue weighted by atomic mass is 19.4. The van der Waals surface area contributed by atoms with Crippen molar-refractivity contribution in [2.24, 2.45) is 5.92 Å². The third kappa shape index (κ3) is 4.89. The van der Waals surface area contributed by atoms with Crippen LogP contribution >= 0.6 is 0 Å². The number of methoxy groups -OCH3 is 1. The molecule has 4 rings (SSSR count). The number of hydrogen-bond donors (Lipinski definition) is 2. The highest BCUT2D eigenvalue weighted by Crippen LogP contribution is 2.54. The summed E-state index contributed by atoms with van der Waals surface area (Å²) in [6, 6.07) is 3.16. The number of piperazine rings is 1. The number of aromatic nitrogens is 2. The quantitative estimate of drug-likeness (QED) is 0.559. The largest absolute Gasteiger partial charge is 0.493 e. The fourth-order valence-corrected chi connectivity index (χ4v) is 4.79. The maximum Gasteiger partial charge on any atom is 0.417 e. The molecule has 0 unspecified atom stereocenters. The van der Waals surface area contributed by atoms with Crippen molar-refractivity contribution in [3.8, 4) is 5.75 Å². The van der Waals surface area contributed by atoms with Gasteiger partial charge in [0.2, 0.25) is 11.8 Å². The van der Waals surface area contributed by atoms with Crippen LogP contribution in [0.2, 0.25) is 0 Å². The van der Waals surface area contributed by atoms with Gasteiger partial charge >= 0.3 is 6.18 Å². The lowest BCUT2D eigenvalue weighted by Crippen LogP contribution is -2.47. The molecule has 0 bridgehead atoms. The molecule has 2 fully saturated rings. The van der Waals surface area contributed by atoms with Crippen molar-refractivity contribution < 1.29 is 41.0 Å². The number of anilines is 1. The van der Waals surface area contributed by atoms with Crippen molar-refractivity contribution in [1.82, 2.24) is 20.2 Å². The molecule has 4 atom stereocenters. The van der Waals surface area contributed by atoms with Crippen molar-refractivity contribution in [2.45, 2.75) is 37.6 Å². The van der Waals surface area contributed by atoms with Crippen LogP contribution in [0.3, 0.4) is 0 Å². The van der Waals surface area contributed by atoms with Crippen molar-refractivity contribution in [3.05, 3.63) is 47.3 Å². The maximum absolute atomic E-state index is 14.5. The lowest BCUT2D eigenvalue weighted by molar-refractivity contribution is -0.272. The van der Waals surface area contributed by atoms with Crippen molar-refractivity contribution in [2.75, 3.05) is 38.6 Å². The molecular weight excluding hydrogens is 517 g/mol. The molecule has 14 heteroatoms. The zero-order valence-corrected chi connectivity index (χ0v) is 20.7. The summed E-state index contributed by atoms with van der Waals surface area (Å²) >= 11 is 0. The van der Waals surface area contributed by atoms with Crippen LogP contribution in [0.15, 0.2) is 24.4 Å². The minimum absolute atomic E-state index is 0.0168. The summed E-state index contributed by atoms with van der Waals surface area (Å²) in [6.07, 6.45) is -5.49. The predicted octanol–water partition coefficient (Wildman–Crippen LogP) is 2.89. The SMILES string of the molecule is COc1c([C@H]2[C@H](C(=O)Nc3nccc(C(=O)N4CCNCC4)n3)O[C@@](C)(C(F)(F)F)[C@H]2C)ccc(F)c1F. The Morgan fingerprint density at radius 2 is 1.89 bits per heavy atom. The molecule has 2 aliphatic rings. The van der Waals surface area contributed by atoms with E-state index in [4.69, 9.17) is 9.47 Å². The molecule has 38 heavy (non-hydrogen) atoms. The Labute approximate surface area is 214 Å². The fourth-order valence-electron chi connectivity index (χ4n) is 4.79. The van der Waals surface area contributed by atoms with E-state index in [-0.39, 0.29) is 17.2 Å². The van der Waals surface area contributed by atoms with Gasteiger partial charge in [0.15, 0.2) is 17.2 Å². The van der Waals surface area contributed by atoms with E-state index in [1.807, 2.05) is 0 Å². The minimum atomic E-state index is -4.91. The second-order valence-corrected chi connectivity index (χ2v) is 9.24. The first kappa shape index (κ1) is 27.6. The number of ether oxygens (including phenoxy) is 2. The van der Waals surface area contributed by atoms with Gasteiger partial charge in [-0.25, -0.2) is 14.4 Å². The minimum Gasteiger partial charge on any atom is -0.493 e. The molecule has 2 saturated heterocycles. The molecule has 0 radical (unpaired) electrons. The molecule has 2 N–H and O–H groups in total. The number of carbonyl (C=O) groups is 2. The topological polar surface area (TPSA) is 106 Å². The predicted molar refractivity (Wildman–Crippen MR) is 124 cm³/mol. The van der Waals surface area contributed by atoms with E-state index < -0.39 is 58.9 Å². The number of hydrogen-bond acceptors (Lipinski definition) is 7. The maximum atomic E-state index is 14.5. The van der Waals surface area contributed by atoms with Crippen LogP contribution in [0.5, 0.6) is 5.75 Å². The van der Waals surface area contributed by atoms with Gasteiger partial charge in [0.1, 0.15) is 11.8 Å². The summed E-state index contributed by atoms with van der Waals surface area (Å²) in [5, 5.41) is 5.42. The number of benzene rings is 1. The molecule has 0 saturated carbocycles. The molecule has 2 amide bonds. The first-order valence-electron chi connectivity index (χ1n) is 11.8. The van der Waals surface area contributed by atoms with Gasteiger partial charge in [0, 0.05) is 49.8 Å². The second kappa shape index (κ2) is 10.4. The van der Waals surface area contributed by atoms with Gasteiger partial charge in [-0.05, 0) is 19.1 Å². The summed E-state index contributed by atoms with van der Waals surface area (Å²) in [7, 11) is 1.04. The van der Waals surface area contributed by atoms with Gasteiger partial charge in [0.25, 0.3) is 11.8 Å². The number of amides is 2. The Kier molecular flexibility index (Phi) is 7.57. The van der Waals surface area contributed by atoms with Crippen LogP contribution in [0, 0.1) is 17.6 Å². The van der Waals surface area contributed by atoms with E-state index in [9.17, 15) is 31.5 Å². The number of halogens is 5. The van der Waals surface area contributed by atoms with E-state index >= 15 is 0 Å². The lowest BCUT2D eigenvalue weighted by Gasteiger charge is -2.32. The average Bonchev–Trinajstić information content (AvgIpc) is 3.17. The van der Waals surface area contributed by atoms with Crippen LogP contribution in [0.25, 0.3) is 0 Å². The number of rotatable bonds is 5. The van der Waals surface area contributed by atoms with Gasteiger partial charge in [0.05, 0.1) is 7.11 Å². The van der Waals surface area contributed by atoms with E-state index in [0.717, 1.165) is 26.2 Å².